The predicted octanol–water partition coefficient (Wildman–Crippen LogP) is 5.59. The molecular weight excluding hydrogens is 274 g/mol. The zero-order valence-corrected chi connectivity index (χ0v) is 13.0. The Kier molecular flexibility index (Phi) is 4.37. The molecule has 0 aliphatic heterocycles. The Hall–Kier alpha value is -2.06. The van der Waals surface area contributed by atoms with Crippen LogP contribution in [0.1, 0.15) is 17.4 Å². The summed E-state index contributed by atoms with van der Waals surface area (Å²) in [4.78, 5) is 1.36. The van der Waals surface area contributed by atoms with Gasteiger partial charge >= 0.3 is 0 Å². The number of thiophene rings is 1. The molecular formula is C19H19NS. The average molecular weight is 293 g/mol. The van der Waals surface area contributed by atoms with Gasteiger partial charge in [-0.25, -0.2) is 0 Å². The lowest BCUT2D eigenvalue weighted by Gasteiger charge is -2.06. The Morgan fingerprint density at radius 1 is 0.905 bits per heavy atom. The molecule has 2 aromatic carbocycles. The van der Waals surface area contributed by atoms with Crippen molar-refractivity contribution in [3.05, 3.63) is 76.5 Å². The summed E-state index contributed by atoms with van der Waals surface area (Å²) in [6.07, 6.45) is 1.08. The molecule has 21 heavy (non-hydrogen) atoms. The van der Waals surface area contributed by atoms with Crippen LogP contribution >= 0.6 is 11.3 Å². The fourth-order valence-corrected chi connectivity index (χ4v) is 3.18. The minimum absolute atomic E-state index is 0.880. The van der Waals surface area contributed by atoms with E-state index in [0.29, 0.717) is 0 Å². The van der Waals surface area contributed by atoms with Crippen LogP contribution in [0.3, 0.4) is 0 Å². The first-order valence-electron chi connectivity index (χ1n) is 7.31. The maximum Gasteiger partial charge on any atom is 0.0494 e. The molecule has 0 bridgehead atoms. The Bertz CT molecular complexity index is 700. The molecule has 0 saturated carbocycles. The van der Waals surface area contributed by atoms with Crippen molar-refractivity contribution in [2.45, 2.75) is 19.9 Å². The third kappa shape index (κ3) is 3.53. The molecule has 0 aliphatic carbocycles. The first-order valence-corrected chi connectivity index (χ1v) is 8.19. The standard InChI is InChI=1S/C19H19NS/c1-2-15-7-6-10-18(11-15)20-13-19-12-17(14-21-19)16-8-4-3-5-9-16/h3-12,14,20H,2,13H2,1H3. The van der Waals surface area contributed by atoms with E-state index in [1.807, 2.05) is 11.3 Å². The quantitative estimate of drug-likeness (QED) is 0.646. The van der Waals surface area contributed by atoms with Crippen molar-refractivity contribution in [2.75, 3.05) is 5.32 Å². The van der Waals surface area contributed by atoms with Crippen LogP contribution in [0.25, 0.3) is 11.1 Å². The molecule has 106 valence electrons. The summed E-state index contributed by atoms with van der Waals surface area (Å²) in [7, 11) is 0. The number of benzene rings is 2. The molecule has 1 heterocycles. The molecule has 1 aromatic heterocycles. The van der Waals surface area contributed by atoms with Gasteiger partial charge in [0.15, 0.2) is 0 Å². The second-order valence-corrected chi connectivity index (χ2v) is 6.07. The lowest BCUT2D eigenvalue weighted by Crippen LogP contribution is -1.97. The van der Waals surface area contributed by atoms with Crippen molar-refractivity contribution in [1.29, 1.82) is 0 Å². The summed E-state index contributed by atoms with van der Waals surface area (Å²) in [6, 6.07) is 21.5. The molecule has 2 heteroatoms. The fourth-order valence-electron chi connectivity index (χ4n) is 2.35. The number of anilines is 1. The van der Waals surface area contributed by atoms with Gasteiger partial charge in [-0.05, 0) is 46.7 Å². The Balaban J connectivity index is 1.67. The van der Waals surface area contributed by atoms with E-state index < -0.39 is 0 Å². The van der Waals surface area contributed by atoms with E-state index in [2.05, 4.69) is 78.3 Å². The normalized spacial score (nSPS) is 10.5. The summed E-state index contributed by atoms with van der Waals surface area (Å²) in [5.41, 5.74) is 5.16. The number of nitrogens with one attached hydrogen (secondary N) is 1. The molecule has 0 unspecified atom stereocenters. The lowest BCUT2D eigenvalue weighted by atomic mass is 10.1. The molecule has 0 fully saturated rings. The van der Waals surface area contributed by atoms with Crippen LogP contribution in [-0.4, -0.2) is 0 Å². The summed E-state index contributed by atoms with van der Waals surface area (Å²) < 4.78 is 0. The zero-order valence-electron chi connectivity index (χ0n) is 12.2. The summed E-state index contributed by atoms with van der Waals surface area (Å²) in [5, 5.41) is 5.74. The van der Waals surface area contributed by atoms with E-state index in [0.717, 1.165) is 13.0 Å². The van der Waals surface area contributed by atoms with E-state index >= 15 is 0 Å². The van der Waals surface area contributed by atoms with E-state index in [-0.39, 0.29) is 0 Å². The van der Waals surface area contributed by atoms with Crippen molar-refractivity contribution in [3.63, 3.8) is 0 Å². The number of hydrogen-bond donors (Lipinski definition) is 1. The average Bonchev–Trinajstić information content (AvgIpc) is 3.03. The topological polar surface area (TPSA) is 12.0 Å². The molecule has 0 amide bonds. The molecule has 0 spiro atoms. The van der Waals surface area contributed by atoms with Gasteiger partial charge in [-0.2, -0.15) is 0 Å². The smallest absolute Gasteiger partial charge is 0.0494 e. The van der Waals surface area contributed by atoms with Gasteiger partial charge in [0.25, 0.3) is 0 Å². The SMILES string of the molecule is CCc1cccc(NCc2cc(-c3ccccc3)cs2)c1. The molecule has 3 rings (SSSR count). The third-order valence-corrected chi connectivity index (χ3v) is 4.50. The second-order valence-electron chi connectivity index (χ2n) is 5.08. The first-order chi connectivity index (χ1) is 10.3. The highest BCUT2D eigenvalue weighted by atomic mass is 32.1. The molecule has 1 N–H and O–H groups in total. The molecule has 3 aromatic rings. The summed E-state index contributed by atoms with van der Waals surface area (Å²) >= 11 is 1.81. The van der Waals surface area contributed by atoms with Gasteiger partial charge in [0.2, 0.25) is 0 Å². The molecule has 0 atom stereocenters. The first kappa shape index (κ1) is 13.9. The number of hydrogen-bond acceptors (Lipinski definition) is 2. The van der Waals surface area contributed by atoms with Crippen LogP contribution in [0.5, 0.6) is 0 Å². The van der Waals surface area contributed by atoms with E-state index in [1.165, 1.54) is 27.3 Å². The number of rotatable bonds is 5. The van der Waals surface area contributed by atoms with Crippen molar-refractivity contribution in [3.8, 4) is 11.1 Å². The van der Waals surface area contributed by atoms with Crippen LogP contribution in [0.2, 0.25) is 0 Å². The van der Waals surface area contributed by atoms with Gasteiger partial charge in [-0.15, -0.1) is 11.3 Å². The maximum absolute atomic E-state index is 3.51. The zero-order chi connectivity index (χ0) is 14.5. The van der Waals surface area contributed by atoms with Crippen molar-refractivity contribution >= 4 is 17.0 Å². The highest BCUT2D eigenvalue weighted by Crippen LogP contribution is 2.26. The highest BCUT2D eigenvalue weighted by molar-refractivity contribution is 7.10. The van der Waals surface area contributed by atoms with Crippen LogP contribution in [0.4, 0.5) is 5.69 Å². The van der Waals surface area contributed by atoms with E-state index in [1.54, 1.807) is 0 Å². The van der Waals surface area contributed by atoms with Gasteiger partial charge in [0.1, 0.15) is 0 Å². The van der Waals surface area contributed by atoms with Crippen molar-refractivity contribution in [2.24, 2.45) is 0 Å². The van der Waals surface area contributed by atoms with Gasteiger partial charge < -0.3 is 5.32 Å². The maximum atomic E-state index is 3.51. The highest BCUT2D eigenvalue weighted by Gasteiger charge is 2.02. The summed E-state index contributed by atoms with van der Waals surface area (Å²) in [5.74, 6) is 0. The van der Waals surface area contributed by atoms with Crippen LogP contribution < -0.4 is 5.32 Å². The Morgan fingerprint density at radius 2 is 1.76 bits per heavy atom. The van der Waals surface area contributed by atoms with E-state index in [4.69, 9.17) is 0 Å². The summed E-state index contributed by atoms with van der Waals surface area (Å²) in [6.45, 7) is 3.06. The minimum atomic E-state index is 0.880. The predicted molar refractivity (Wildman–Crippen MR) is 92.9 cm³/mol. The molecule has 0 saturated heterocycles. The van der Waals surface area contributed by atoms with Crippen LogP contribution in [0, 0.1) is 0 Å². The van der Waals surface area contributed by atoms with E-state index in [9.17, 15) is 0 Å². The van der Waals surface area contributed by atoms with Crippen molar-refractivity contribution < 1.29 is 0 Å². The van der Waals surface area contributed by atoms with Gasteiger partial charge in [-0.3, -0.25) is 0 Å². The van der Waals surface area contributed by atoms with Gasteiger partial charge in [-0.1, -0.05) is 49.4 Å². The van der Waals surface area contributed by atoms with Crippen LogP contribution in [0.15, 0.2) is 66.0 Å². The van der Waals surface area contributed by atoms with Gasteiger partial charge in [0, 0.05) is 17.1 Å². The minimum Gasteiger partial charge on any atom is -0.380 e. The monoisotopic (exact) mass is 293 g/mol. The Labute approximate surface area is 130 Å². The second kappa shape index (κ2) is 6.59. The van der Waals surface area contributed by atoms with Gasteiger partial charge in [0.05, 0.1) is 0 Å². The largest absolute Gasteiger partial charge is 0.380 e. The number of aryl methyl sites for hydroxylation is 1. The Morgan fingerprint density at radius 3 is 2.57 bits per heavy atom. The molecule has 0 aliphatic rings. The lowest BCUT2D eigenvalue weighted by molar-refractivity contribution is 1.13. The van der Waals surface area contributed by atoms with Crippen LogP contribution in [-0.2, 0) is 13.0 Å². The third-order valence-electron chi connectivity index (χ3n) is 3.56. The molecule has 1 nitrogen and oxygen atoms in total. The molecule has 0 radical (unpaired) electrons. The fraction of sp³-hybridized carbons (Fsp3) is 0.158. The van der Waals surface area contributed by atoms with Crippen molar-refractivity contribution in [1.82, 2.24) is 0 Å².